The molecule has 0 aliphatic heterocycles. The van der Waals surface area contributed by atoms with Gasteiger partial charge in [-0.15, -0.1) is 11.8 Å². The minimum Gasteiger partial charge on any atom is -0.497 e. The number of amides is 1. The molecule has 1 N–H and O–H groups in total. The molecule has 0 fully saturated rings. The van der Waals surface area contributed by atoms with Crippen molar-refractivity contribution in [3.63, 3.8) is 0 Å². The Kier molecular flexibility index (Phi) is 7.81. The van der Waals surface area contributed by atoms with Crippen molar-refractivity contribution in [3.05, 3.63) is 48.0 Å². The molecule has 0 aromatic heterocycles. The number of anilines is 1. The van der Waals surface area contributed by atoms with Crippen molar-refractivity contribution in [1.82, 2.24) is 4.90 Å². The molecule has 0 aliphatic rings. The summed E-state index contributed by atoms with van der Waals surface area (Å²) in [6.07, 6.45) is 2.43. The SMILES string of the molecule is COc1ccc(CN(C)CCC(=O)Nc2ccccc2SC)c(OC)c1. The average molecular weight is 375 g/mol. The van der Waals surface area contributed by atoms with Crippen LogP contribution in [-0.2, 0) is 11.3 Å². The first-order valence-electron chi connectivity index (χ1n) is 8.39. The van der Waals surface area contributed by atoms with Crippen molar-refractivity contribution < 1.29 is 14.3 Å². The monoisotopic (exact) mass is 374 g/mol. The average Bonchev–Trinajstić information content (AvgIpc) is 2.67. The van der Waals surface area contributed by atoms with Crippen LogP contribution in [0, 0.1) is 0 Å². The van der Waals surface area contributed by atoms with Crippen LogP contribution in [0.3, 0.4) is 0 Å². The number of thioether (sulfide) groups is 1. The van der Waals surface area contributed by atoms with E-state index in [1.165, 1.54) is 0 Å². The molecule has 5 nitrogen and oxygen atoms in total. The molecule has 1 amide bonds. The van der Waals surface area contributed by atoms with Crippen LogP contribution in [0.1, 0.15) is 12.0 Å². The normalized spacial score (nSPS) is 10.7. The van der Waals surface area contributed by atoms with Crippen LogP contribution < -0.4 is 14.8 Å². The summed E-state index contributed by atoms with van der Waals surface area (Å²) < 4.78 is 10.7. The Labute approximate surface area is 159 Å². The van der Waals surface area contributed by atoms with E-state index in [4.69, 9.17) is 9.47 Å². The van der Waals surface area contributed by atoms with Crippen molar-refractivity contribution >= 4 is 23.4 Å². The van der Waals surface area contributed by atoms with E-state index in [0.29, 0.717) is 19.5 Å². The summed E-state index contributed by atoms with van der Waals surface area (Å²) in [6.45, 7) is 1.35. The second-order valence-corrected chi connectivity index (χ2v) is 6.76. The van der Waals surface area contributed by atoms with Gasteiger partial charge in [-0.2, -0.15) is 0 Å². The van der Waals surface area contributed by atoms with Crippen LogP contribution in [0.2, 0.25) is 0 Å². The van der Waals surface area contributed by atoms with E-state index in [0.717, 1.165) is 27.6 Å². The lowest BCUT2D eigenvalue weighted by atomic mass is 10.1. The van der Waals surface area contributed by atoms with Crippen LogP contribution in [0.5, 0.6) is 11.5 Å². The summed E-state index contributed by atoms with van der Waals surface area (Å²) in [5, 5.41) is 2.99. The molecule has 26 heavy (non-hydrogen) atoms. The first-order valence-corrected chi connectivity index (χ1v) is 9.62. The van der Waals surface area contributed by atoms with E-state index in [9.17, 15) is 4.79 Å². The Morgan fingerprint density at radius 3 is 2.62 bits per heavy atom. The van der Waals surface area contributed by atoms with Gasteiger partial charge in [0.25, 0.3) is 0 Å². The molecule has 0 atom stereocenters. The molecule has 2 rings (SSSR count). The standard InChI is InChI=1S/C20H26N2O3S/c1-22(14-15-9-10-16(24-2)13-18(15)25-3)12-11-20(23)21-17-7-5-6-8-19(17)26-4/h5-10,13H,11-12,14H2,1-4H3,(H,21,23). The zero-order chi connectivity index (χ0) is 18.9. The summed E-state index contributed by atoms with van der Waals surface area (Å²) in [6, 6.07) is 13.6. The van der Waals surface area contributed by atoms with Gasteiger partial charge >= 0.3 is 0 Å². The zero-order valence-electron chi connectivity index (χ0n) is 15.7. The van der Waals surface area contributed by atoms with Crippen molar-refractivity contribution in [2.45, 2.75) is 17.9 Å². The molecule has 0 bridgehead atoms. The molecule has 0 radical (unpaired) electrons. The number of hydrogen-bond donors (Lipinski definition) is 1. The summed E-state index contributed by atoms with van der Waals surface area (Å²) in [5.74, 6) is 1.56. The van der Waals surface area contributed by atoms with E-state index in [1.807, 2.05) is 55.8 Å². The molecule has 0 saturated heterocycles. The van der Waals surface area contributed by atoms with E-state index >= 15 is 0 Å². The smallest absolute Gasteiger partial charge is 0.225 e. The Balaban J connectivity index is 1.88. The molecular formula is C20H26N2O3S. The highest BCUT2D eigenvalue weighted by Crippen LogP contribution is 2.26. The van der Waals surface area contributed by atoms with Crippen LogP contribution in [-0.4, -0.2) is 44.9 Å². The number of nitrogens with zero attached hydrogens (tertiary/aromatic N) is 1. The molecule has 6 heteroatoms. The Morgan fingerprint density at radius 2 is 1.92 bits per heavy atom. The molecule has 0 spiro atoms. The molecular weight excluding hydrogens is 348 g/mol. The summed E-state index contributed by atoms with van der Waals surface area (Å²) in [7, 11) is 5.27. The van der Waals surface area contributed by atoms with Gasteiger partial charge in [-0.3, -0.25) is 4.79 Å². The second-order valence-electron chi connectivity index (χ2n) is 5.91. The number of rotatable bonds is 9. The molecule has 0 aliphatic carbocycles. The molecule has 0 heterocycles. The van der Waals surface area contributed by atoms with Crippen LogP contribution in [0.4, 0.5) is 5.69 Å². The van der Waals surface area contributed by atoms with Gasteiger partial charge in [-0.1, -0.05) is 18.2 Å². The van der Waals surface area contributed by atoms with E-state index in [-0.39, 0.29) is 5.91 Å². The van der Waals surface area contributed by atoms with Gasteiger partial charge in [-0.05, 0) is 31.5 Å². The summed E-state index contributed by atoms with van der Waals surface area (Å²) in [4.78, 5) is 15.4. The van der Waals surface area contributed by atoms with Gasteiger partial charge in [0.05, 0.1) is 19.9 Å². The van der Waals surface area contributed by atoms with Gasteiger partial charge in [0.15, 0.2) is 0 Å². The molecule has 2 aromatic carbocycles. The second kappa shape index (κ2) is 10.1. The van der Waals surface area contributed by atoms with Crippen molar-refractivity contribution in [2.24, 2.45) is 0 Å². The quantitative estimate of drug-likeness (QED) is 0.675. The summed E-state index contributed by atoms with van der Waals surface area (Å²) in [5.41, 5.74) is 1.92. The van der Waals surface area contributed by atoms with Gasteiger partial charge in [0.2, 0.25) is 5.91 Å². The maximum Gasteiger partial charge on any atom is 0.225 e. The fourth-order valence-corrected chi connectivity index (χ4v) is 3.16. The molecule has 0 unspecified atom stereocenters. The maximum atomic E-state index is 12.3. The van der Waals surface area contributed by atoms with Crippen LogP contribution in [0.15, 0.2) is 47.4 Å². The lowest BCUT2D eigenvalue weighted by molar-refractivity contribution is -0.116. The maximum absolute atomic E-state index is 12.3. The highest BCUT2D eigenvalue weighted by atomic mass is 32.2. The number of para-hydroxylation sites is 1. The predicted molar refractivity (Wildman–Crippen MR) is 107 cm³/mol. The van der Waals surface area contributed by atoms with Gasteiger partial charge in [0, 0.05) is 36.0 Å². The largest absolute Gasteiger partial charge is 0.497 e. The third kappa shape index (κ3) is 5.68. The Hall–Kier alpha value is -2.18. The lowest BCUT2D eigenvalue weighted by Crippen LogP contribution is -2.24. The number of hydrogen-bond acceptors (Lipinski definition) is 5. The van der Waals surface area contributed by atoms with Gasteiger partial charge < -0.3 is 19.7 Å². The third-order valence-corrected chi connectivity index (χ3v) is 4.83. The number of nitrogens with one attached hydrogen (secondary N) is 1. The minimum atomic E-state index is 0.0139. The predicted octanol–water partition coefficient (Wildman–Crippen LogP) is 3.89. The first-order chi connectivity index (χ1) is 12.6. The van der Waals surface area contributed by atoms with Gasteiger partial charge in [0.1, 0.15) is 11.5 Å². The number of carbonyl (C=O) groups is 1. The fourth-order valence-electron chi connectivity index (χ4n) is 2.61. The highest BCUT2D eigenvalue weighted by Gasteiger charge is 2.11. The molecule has 140 valence electrons. The van der Waals surface area contributed by atoms with E-state index in [2.05, 4.69) is 10.2 Å². The van der Waals surface area contributed by atoms with E-state index in [1.54, 1.807) is 26.0 Å². The number of methoxy groups -OCH3 is 2. The number of carbonyl (C=O) groups excluding carboxylic acids is 1. The van der Waals surface area contributed by atoms with Crippen molar-refractivity contribution in [1.29, 1.82) is 0 Å². The van der Waals surface area contributed by atoms with Gasteiger partial charge in [-0.25, -0.2) is 0 Å². The number of benzene rings is 2. The number of ether oxygens (including phenoxy) is 2. The molecule has 0 saturated carbocycles. The van der Waals surface area contributed by atoms with Crippen molar-refractivity contribution in [2.75, 3.05) is 39.4 Å². The fraction of sp³-hybridized carbons (Fsp3) is 0.350. The van der Waals surface area contributed by atoms with Crippen LogP contribution in [0.25, 0.3) is 0 Å². The highest BCUT2D eigenvalue weighted by molar-refractivity contribution is 7.98. The zero-order valence-corrected chi connectivity index (χ0v) is 16.6. The Bertz CT molecular complexity index is 737. The van der Waals surface area contributed by atoms with Crippen molar-refractivity contribution in [3.8, 4) is 11.5 Å². The lowest BCUT2D eigenvalue weighted by Gasteiger charge is -2.19. The Morgan fingerprint density at radius 1 is 1.15 bits per heavy atom. The third-order valence-electron chi connectivity index (χ3n) is 4.04. The molecule has 2 aromatic rings. The minimum absolute atomic E-state index is 0.0139. The first kappa shape index (κ1) is 20.1. The summed E-state index contributed by atoms with van der Waals surface area (Å²) >= 11 is 1.62. The topological polar surface area (TPSA) is 50.8 Å². The van der Waals surface area contributed by atoms with Crippen LogP contribution >= 0.6 is 11.8 Å². The van der Waals surface area contributed by atoms with E-state index < -0.39 is 0 Å².